The van der Waals surface area contributed by atoms with Gasteiger partial charge < -0.3 is 19.9 Å². The number of urea groups is 1. The highest BCUT2D eigenvalue weighted by Gasteiger charge is 2.32. The lowest BCUT2D eigenvalue weighted by Gasteiger charge is -2.28. The molecule has 114 valence electrons. The van der Waals surface area contributed by atoms with Crippen LogP contribution in [-0.2, 0) is 11.2 Å². The van der Waals surface area contributed by atoms with Crippen LogP contribution in [0.3, 0.4) is 0 Å². The summed E-state index contributed by atoms with van der Waals surface area (Å²) >= 11 is 0. The van der Waals surface area contributed by atoms with Crippen LogP contribution >= 0.6 is 0 Å². The van der Waals surface area contributed by atoms with Crippen LogP contribution < -0.4 is 14.8 Å². The number of carbonyl (C=O) groups is 2. The second-order valence-corrected chi connectivity index (χ2v) is 4.66. The molecule has 1 fully saturated rings. The van der Waals surface area contributed by atoms with Gasteiger partial charge in [0.1, 0.15) is 11.5 Å². The van der Waals surface area contributed by atoms with Gasteiger partial charge in [-0.1, -0.05) is 0 Å². The SMILES string of the molecule is COc1cc(CCN2C(=O)NC[C@H](O)C2=O)cc(OC)c1. The number of imide groups is 1. The van der Waals surface area contributed by atoms with Crippen molar-refractivity contribution in [2.24, 2.45) is 0 Å². The van der Waals surface area contributed by atoms with Gasteiger partial charge in [0.15, 0.2) is 6.10 Å². The molecule has 0 aliphatic carbocycles. The highest BCUT2D eigenvalue weighted by Crippen LogP contribution is 2.23. The molecule has 0 spiro atoms. The second-order valence-electron chi connectivity index (χ2n) is 4.66. The van der Waals surface area contributed by atoms with Gasteiger partial charge in [-0.25, -0.2) is 4.79 Å². The van der Waals surface area contributed by atoms with Crippen LogP contribution in [-0.4, -0.2) is 55.4 Å². The third kappa shape index (κ3) is 3.43. The first-order chi connectivity index (χ1) is 10.0. The molecule has 1 aliphatic heterocycles. The Morgan fingerprint density at radius 1 is 1.24 bits per heavy atom. The minimum atomic E-state index is -1.18. The van der Waals surface area contributed by atoms with E-state index in [1.165, 1.54) is 0 Å². The van der Waals surface area contributed by atoms with Gasteiger partial charge in [0, 0.05) is 12.6 Å². The molecule has 21 heavy (non-hydrogen) atoms. The van der Waals surface area contributed by atoms with E-state index in [0.29, 0.717) is 17.9 Å². The maximum atomic E-state index is 11.8. The molecule has 1 aromatic rings. The Bertz CT molecular complexity index is 524. The zero-order valence-electron chi connectivity index (χ0n) is 12.0. The number of carbonyl (C=O) groups excluding carboxylic acids is 2. The Balaban J connectivity index is 2.08. The van der Waals surface area contributed by atoms with E-state index in [1.54, 1.807) is 20.3 Å². The molecule has 7 heteroatoms. The normalized spacial score (nSPS) is 18.4. The minimum Gasteiger partial charge on any atom is -0.497 e. The summed E-state index contributed by atoms with van der Waals surface area (Å²) in [4.78, 5) is 24.4. The molecule has 0 saturated carbocycles. The number of nitrogens with one attached hydrogen (secondary N) is 1. The van der Waals surface area contributed by atoms with Crippen molar-refractivity contribution in [3.05, 3.63) is 23.8 Å². The summed E-state index contributed by atoms with van der Waals surface area (Å²) in [5, 5.41) is 11.9. The van der Waals surface area contributed by atoms with Crippen molar-refractivity contribution >= 4 is 11.9 Å². The second kappa shape index (κ2) is 6.45. The number of hydrogen-bond acceptors (Lipinski definition) is 5. The molecule has 1 saturated heterocycles. The van der Waals surface area contributed by atoms with E-state index in [4.69, 9.17) is 9.47 Å². The molecule has 1 atom stereocenters. The van der Waals surface area contributed by atoms with Gasteiger partial charge in [0.05, 0.1) is 20.8 Å². The van der Waals surface area contributed by atoms with Crippen molar-refractivity contribution in [3.63, 3.8) is 0 Å². The average Bonchev–Trinajstić information content (AvgIpc) is 2.50. The van der Waals surface area contributed by atoms with Crippen LogP contribution in [0.4, 0.5) is 4.79 Å². The molecular formula is C14H18N2O5. The van der Waals surface area contributed by atoms with Crippen molar-refractivity contribution in [1.82, 2.24) is 10.2 Å². The number of aliphatic hydroxyl groups is 1. The molecule has 1 aliphatic rings. The van der Waals surface area contributed by atoms with Gasteiger partial charge in [0.25, 0.3) is 5.91 Å². The quantitative estimate of drug-likeness (QED) is 0.807. The summed E-state index contributed by atoms with van der Waals surface area (Å²) in [6.07, 6.45) is -0.734. The van der Waals surface area contributed by atoms with E-state index >= 15 is 0 Å². The van der Waals surface area contributed by atoms with E-state index in [9.17, 15) is 14.7 Å². The average molecular weight is 294 g/mol. The maximum absolute atomic E-state index is 11.8. The van der Waals surface area contributed by atoms with E-state index in [-0.39, 0.29) is 13.1 Å². The minimum absolute atomic E-state index is 0.0405. The molecule has 0 radical (unpaired) electrons. The number of β-amino-alcohol motifs (C(OH)–C–C–N with tert-alkyl or cyclic N) is 1. The fraction of sp³-hybridized carbons (Fsp3) is 0.429. The Hall–Kier alpha value is -2.28. The number of benzene rings is 1. The van der Waals surface area contributed by atoms with Gasteiger partial charge in [0.2, 0.25) is 0 Å². The van der Waals surface area contributed by atoms with Crippen molar-refractivity contribution < 1.29 is 24.2 Å². The van der Waals surface area contributed by atoms with Gasteiger partial charge in [-0.15, -0.1) is 0 Å². The van der Waals surface area contributed by atoms with Gasteiger partial charge in [-0.05, 0) is 24.1 Å². The van der Waals surface area contributed by atoms with Crippen molar-refractivity contribution in [3.8, 4) is 11.5 Å². The summed E-state index contributed by atoms with van der Waals surface area (Å²) < 4.78 is 10.3. The lowest BCUT2D eigenvalue weighted by Crippen LogP contribution is -2.57. The van der Waals surface area contributed by atoms with E-state index in [0.717, 1.165) is 10.5 Å². The van der Waals surface area contributed by atoms with Crippen LogP contribution in [0.25, 0.3) is 0 Å². The van der Waals surface area contributed by atoms with Gasteiger partial charge in [-0.3, -0.25) is 9.69 Å². The summed E-state index contributed by atoms with van der Waals surface area (Å²) in [5.41, 5.74) is 0.867. The molecule has 0 aromatic heterocycles. The Labute approximate surface area is 122 Å². The Morgan fingerprint density at radius 2 is 1.86 bits per heavy atom. The Kier molecular flexibility index (Phi) is 4.64. The number of methoxy groups -OCH3 is 2. The molecule has 7 nitrogen and oxygen atoms in total. The van der Waals surface area contributed by atoms with Crippen molar-refractivity contribution in [2.75, 3.05) is 27.3 Å². The number of nitrogens with zero attached hydrogens (tertiary/aromatic N) is 1. The molecular weight excluding hydrogens is 276 g/mol. The van der Waals surface area contributed by atoms with Gasteiger partial charge in [-0.2, -0.15) is 0 Å². The topological polar surface area (TPSA) is 88.1 Å². The smallest absolute Gasteiger partial charge is 0.324 e. The molecule has 1 aromatic carbocycles. The predicted molar refractivity (Wildman–Crippen MR) is 74.4 cm³/mol. The highest BCUT2D eigenvalue weighted by molar-refractivity contribution is 5.99. The fourth-order valence-electron chi connectivity index (χ4n) is 2.11. The molecule has 2 N–H and O–H groups in total. The van der Waals surface area contributed by atoms with Crippen LogP contribution in [0.2, 0.25) is 0 Å². The van der Waals surface area contributed by atoms with Gasteiger partial charge >= 0.3 is 6.03 Å². The first kappa shape index (κ1) is 15.1. The zero-order chi connectivity index (χ0) is 15.4. The van der Waals surface area contributed by atoms with Crippen molar-refractivity contribution in [2.45, 2.75) is 12.5 Å². The lowest BCUT2D eigenvalue weighted by molar-refractivity contribution is -0.138. The summed E-state index contributed by atoms with van der Waals surface area (Å²) in [7, 11) is 3.10. The summed E-state index contributed by atoms with van der Waals surface area (Å²) in [5.74, 6) is 0.700. The van der Waals surface area contributed by atoms with E-state index in [2.05, 4.69) is 5.32 Å². The molecule has 3 amide bonds. The predicted octanol–water partition coefficient (Wildman–Crippen LogP) is 0.159. The number of aliphatic hydroxyl groups excluding tert-OH is 1. The monoisotopic (exact) mass is 294 g/mol. The number of hydrogen-bond donors (Lipinski definition) is 2. The van der Waals surface area contributed by atoms with Crippen molar-refractivity contribution in [1.29, 1.82) is 0 Å². The van der Waals surface area contributed by atoms with Crippen LogP contribution in [0.15, 0.2) is 18.2 Å². The first-order valence-corrected chi connectivity index (χ1v) is 6.54. The van der Waals surface area contributed by atoms with E-state index < -0.39 is 18.0 Å². The number of amides is 3. The first-order valence-electron chi connectivity index (χ1n) is 6.54. The molecule has 1 heterocycles. The molecule has 0 bridgehead atoms. The standard InChI is InChI=1S/C14H18N2O5/c1-20-10-5-9(6-11(7-10)21-2)3-4-16-13(18)12(17)8-15-14(16)19/h5-7,12,17H,3-4,8H2,1-2H3,(H,15,19)/t12-/m0/s1. The summed E-state index contributed by atoms with van der Waals surface area (Å²) in [6, 6.07) is 4.88. The third-order valence-corrected chi connectivity index (χ3v) is 3.28. The fourth-order valence-corrected chi connectivity index (χ4v) is 2.11. The summed E-state index contributed by atoms with van der Waals surface area (Å²) in [6.45, 7) is 0.138. The zero-order valence-corrected chi connectivity index (χ0v) is 12.0. The maximum Gasteiger partial charge on any atom is 0.324 e. The van der Waals surface area contributed by atoms with Crippen LogP contribution in [0, 0.1) is 0 Å². The molecule has 2 rings (SSSR count). The van der Waals surface area contributed by atoms with Crippen LogP contribution in [0.1, 0.15) is 5.56 Å². The highest BCUT2D eigenvalue weighted by atomic mass is 16.5. The number of rotatable bonds is 5. The molecule has 0 unspecified atom stereocenters. The third-order valence-electron chi connectivity index (χ3n) is 3.28. The largest absolute Gasteiger partial charge is 0.497 e. The van der Waals surface area contributed by atoms with Crippen LogP contribution in [0.5, 0.6) is 11.5 Å². The number of ether oxygens (including phenoxy) is 2. The lowest BCUT2D eigenvalue weighted by atomic mass is 10.1. The Morgan fingerprint density at radius 3 is 2.43 bits per heavy atom. The van der Waals surface area contributed by atoms with E-state index in [1.807, 2.05) is 12.1 Å².